The molecule has 0 spiro atoms. The van der Waals surface area contributed by atoms with E-state index < -0.39 is 23.7 Å². The second kappa shape index (κ2) is 2.95. The maximum atomic E-state index is 12.6. The van der Waals surface area contributed by atoms with E-state index in [-0.39, 0.29) is 12.2 Å². The third kappa shape index (κ3) is 1.72. The predicted molar refractivity (Wildman–Crippen MR) is 40.1 cm³/mol. The van der Waals surface area contributed by atoms with Gasteiger partial charge in [0.05, 0.1) is 12.2 Å². The first-order chi connectivity index (χ1) is 6.48. The van der Waals surface area contributed by atoms with Gasteiger partial charge in [-0.3, -0.25) is 0 Å². The van der Waals surface area contributed by atoms with Gasteiger partial charge < -0.3 is 4.74 Å². The Morgan fingerprint density at radius 1 is 1.29 bits per heavy atom. The Hall–Kier alpha value is -1.10. The van der Waals surface area contributed by atoms with Gasteiger partial charge in [0.25, 0.3) is 0 Å². The molecule has 1 nitrogen and oxygen atoms in total. The molecule has 1 fully saturated rings. The minimum Gasteiger partial charge on any atom is -0.368 e. The number of benzene rings is 1. The van der Waals surface area contributed by atoms with Gasteiger partial charge in [0, 0.05) is 0 Å². The van der Waals surface area contributed by atoms with E-state index in [1.807, 2.05) is 0 Å². The molecule has 1 unspecified atom stereocenters. The molecule has 0 saturated carbocycles. The minimum absolute atomic E-state index is 0.0129. The Bertz CT molecular complexity index is 354. The number of hydrogen-bond donors (Lipinski definition) is 0. The molecule has 1 aromatic carbocycles. The average Bonchev–Trinajstić information content (AvgIpc) is 2.85. The molecule has 1 saturated heterocycles. The second-order valence-corrected chi connectivity index (χ2v) is 3.05. The van der Waals surface area contributed by atoms with E-state index in [9.17, 15) is 17.6 Å². The van der Waals surface area contributed by atoms with Gasteiger partial charge in [-0.1, -0.05) is 6.07 Å². The first-order valence-corrected chi connectivity index (χ1v) is 3.97. The van der Waals surface area contributed by atoms with E-state index in [1.54, 1.807) is 0 Å². The van der Waals surface area contributed by atoms with E-state index >= 15 is 0 Å². The zero-order chi connectivity index (χ0) is 10.3. The van der Waals surface area contributed by atoms with Gasteiger partial charge >= 0.3 is 6.18 Å². The van der Waals surface area contributed by atoms with Crippen molar-refractivity contribution in [2.45, 2.75) is 12.3 Å². The summed E-state index contributed by atoms with van der Waals surface area (Å²) in [6, 6.07) is 2.62. The quantitative estimate of drug-likeness (QED) is 0.508. The summed E-state index contributed by atoms with van der Waals surface area (Å²) in [4.78, 5) is 0. The van der Waals surface area contributed by atoms with Crippen molar-refractivity contribution in [3.63, 3.8) is 0 Å². The Balaban J connectivity index is 2.48. The van der Waals surface area contributed by atoms with Crippen LogP contribution in [0.1, 0.15) is 17.2 Å². The van der Waals surface area contributed by atoms with Crippen molar-refractivity contribution in [1.29, 1.82) is 0 Å². The smallest absolute Gasteiger partial charge is 0.368 e. The molecular formula is C9H6F4O. The van der Waals surface area contributed by atoms with Gasteiger partial charge in [0.1, 0.15) is 11.9 Å². The summed E-state index contributed by atoms with van der Waals surface area (Å²) in [5.41, 5.74) is -0.932. The highest BCUT2D eigenvalue weighted by atomic mass is 19.4. The SMILES string of the molecule is Fc1ccc(C2CO2)c(C(F)(F)F)c1. The molecule has 0 N–H and O–H groups in total. The van der Waals surface area contributed by atoms with Gasteiger partial charge in [-0.25, -0.2) is 4.39 Å². The molecule has 76 valence electrons. The van der Waals surface area contributed by atoms with Gasteiger partial charge in [0.15, 0.2) is 0 Å². The van der Waals surface area contributed by atoms with Crippen molar-refractivity contribution >= 4 is 0 Å². The zero-order valence-corrected chi connectivity index (χ0v) is 6.94. The first kappa shape index (κ1) is 9.45. The van der Waals surface area contributed by atoms with Crippen LogP contribution in [0.2, 0.25) is 0 Å². The zero-order valence-electron chi connectivity index (χ0n) is 6.94. The van der Waals surface area contributed by atoms with Crippen molar-refractivity contribution < 1.29 is 22.3 Å². The van der Waals surface area contributed by atoms with E-state index in [4.69, 9.17) is 4.74 Å². The molecule has 0 aromatic heterocycles. The van der Waals surface area contributed by atoms with Gasteiger partial charge in [0.2, 0.25) is 0 Å². The molecule has 14 heavy (non-hydrogen) atoms. The fourth-order valence-electron chi connectivity index (χ4n) is 1.28. The van der Waals surface area contributed by atoms with Gasteiger partial charge in [-0.15, -0.1) is 0 Å². The lowest BCUT2D eigenvalue weighted by Crippen LogP contribution is -2.09. The summed E-state index contributed by atoms with van der Waals surface area (Å²) >= 11 is 0. The normalized spacial score (nSPS) is 21.0. The molecule has 0 bridgehead atoms. The highest BCUT2D eigenvalue weighted by molar-refractivity contribution is 5.33. The van der Waals surface area contributed by atoms with Crippen molar-refractivity contribution in [2.75, 3.05) is 6.61 Å². The summed E-state index contributed by atoms with van der Waals surface area (Å²) in [6.45, 7) is 0.273. The molecule has 2 rings (SSSR count). The molecule has 5 heteroatoms. The molecule has 1 aromatic rings. The van der Waals surface area contributed by atoms with Gasteiger partial charge in [-0.05, 0) is 17.7 Å². The summed E-state index contributed by atoms with van der Waals surface area (Å²) in [6.07, 6.45) is -5.05. The van der Waals surface area contributed by atoms with Crippen LogP contribution >= 0.6 is 0 Å². The van der Waals surface area contributed by atoms with Gasteiger partial charge in [-0.2, -0.15) is 13.2 Å². The number of halogens is 4. The first-order valence-electron chi connectivity index (χ1n) is 3.97. The molecule has 1 atom stereocenters. The van der Waals surface area contributed by atoms with Crippen LogP contribution in [-0.4, -0.2) is 6.61 Å². The van der Waals surface area contributed by atoms with Crippen molar-refractivity contribution in [3.05, 3.63) is 35.1 Å². The number of alkyl halides is 3. The second-order valence-electron chi connectivity index (χ2n) is 3.05. The van der Waals surface area contributed by atoms with Crippen LogP contribution in [-0.2, 0) is 10.9 Å². The highest BCUT2D eigenvalue weighted by Crippen LogP contribution is 2.40. The maximum absolute atomic E-state index is 12.6. The standard InChI is InChI=1S/C9H6F4O/c10-5-1-2-6(8-4-14-8)7(3-5)9(11,12)13/h1-3,8H,4H2. The van der Waals surface area contributed by atoms with Crippen molar-refractivity contribution in [2.24, 2.45) is 0 Å². The fourth-order valence-corrected chi connectivity index (χ4v) is 1.28. The topological polar surface area (TPSA) is 12.5 Å². The van der Waals surface area contributed by atoms with Crippen LogP contribution in [0.25, 0.3) is 0 Å². The Labute approximate surface area is 77.3 Å². The van der Waals surface area contributed by atoms with E-state index in [0.717, 1.165) is 12.1 Å². The molecule has 0 amide bonds. The number of hydrogen-bond acceptors (Lipinski definition) is 1. The van der Waals surface area contributed by atoms with Crippen molar-refractivity contribution in [1.82, 2.24) is 0 Å². The third-order valence-electron chi connectivity index (χ3n) is 2.00. The number of ether oxygens (including phenoxy) is 1. The molecule has 1 aliphatic rings. The Morgan fingerprint density at radius 3 is 2.43 bits per heavy atom. The monoisotopic (exact) mass is 206 g/mol. The summed E-state index contributed by atoms with van der Waals surface area (Å²) in [5, 5.41) is 0. The van der Waals surface area contributed by atoms with Crippen LogP contribution in [0, 0.1) is 5.82 Å². The largest absolute Gasteiger partial charge is 0.416 e. The van der Waals surface area contributed by atoms with Crippen LogP contribution in [0.4, 0.5) is 17.6 Å². The van der Waals surface area contributed by atoms with Crippen LogP contribution in [0.3, 0.4) is 0 Å². The summed E-state index contributed by atoms with van der Waals surface area (Å²) in [7, 11) is 0. The molecular weight excluding hydrogens is 200 g/mol. The lowest BCUT2D eigenvalue weighted by Gasteiger charge is -2.10. The van der Waals surface area contributed by atoms with E-state index in [0.29, 0.717) is 6.07 Å². The van der Waals surface area contributed by atoms with Crippen LogP contribution < -0.4 is 0 Å². The number of epoxide rings is 1. The Morgan fingerprint density at radius 2 is 1.93 bits per heavy atom. The van der Waals surface area contributed by atoms with Crippen LogP contribution in [0.5, 0.6) is 0 Å². The predicted octanol–water partition coefficient (Wildman–Crippen LogP) is 2.92. The lowest BCUT2D eigenvalue weighted by molar-refractivity contribution is -0.138. The fraction of sp³-hybridized carbons (Fsp3) is 0.333. The highest BCUT2D eigenvalue weighted by Gasteiger charge is 2.39. The molecule has 1 aliphatic heterocycles. The molecule has 0 aliphatic carbocycles. The average molecular weight is 206 g/mol. The number of rotatable bonds is 1. The van der Waals surface area contributed by atoms with Crippen LogP contribution in [0.15, 0.2) is 18.2 Å². The third-order valence-corrected chi connectivity index (χ3v) is 2.00. The summed E-state index contributed by atoms with van der Waals surface area (Å²) in [5.74, 6) is -0.887. The maximum Gasteiger partial charge on any atom is 0.416 e. The summed E-state index contributed by atoms with van der Waals surface area (Å²) < 4.78 is 54.6. The Kier molecular flexibility index (Phi) is 1.99. The molecule has 0 radical (unpaired) electrons. The molecule has 1 heterocycles. The van der Waals surface area contributed by atoms with E-state index in [2.05, 4.69) is 0 Å². The van der Waals surface area contributed by atoms with Crippen molar-refractivity contribution in [3.8, 4) is 0 Å². The lowest BCUT2D eigenvalue weighted by atomic mass is 10.0. The van der Waals surface area contributed by atoms with E-state index in [1.165, 1.54) is 0 Å². The minimum atomic E-state index is -4.52.